The zero-order valence-electron chi connectivity index (χ0n) is 6.47. The Morgan fingerprint density at radius 1 is 1.42 bits per heavy atom. The van der Waals surface area contributed by atoms with Gasteiger partial charge in [0, 0.05) is 9.72 Å². The maximum atomic E-state index is 5.88. The summed E-state index contributed by atoms with van der Waals surface area (Å²) in [6.45, 7) is 2.07. The van der Waals surface area contributed by atoms with E-state index in [9.17, 15) is 0 Å². The zero-order valence-corrected chi connectivity index (χ0v) is 8.93. The summed E-state index contributed by atoms with van der Waals surface area (Å²) < 4.78 is 2.33. The molecule has 1 aromatic heterocycles. The summed E-state index contributed by atoms with van der Waals surface area (Å²) >= 11 is 11.9. The molecule has 3 heteroatoms. The first-order chi connectivity index (χ1) is 5.68. The van der Waals surface area contributed by atoms with Crippen molar-refractivity contribution >= 4 is 45.7 Å². The van der Waals surface area contributed by atoms with Crippen LogP contribution in [-0.2, 0) is 0 Å². The quantitative estimate of drug-likeness (QED) is 0.626. The molecule has 12 heavy (non-hydrogen) atoms. The predicted octanol–water partition coefficient (Wildman–Crippen LogP) is 4.15. The Morgan fingerprint density at radius 2 is 2.17 bits per heavy atom. The molecular weight excluding hydrogens is 208 g/mol. The zero-order chi connectivity index (χ0) is 8.72. The highest BCUT2D eigenvalue weighted by molar-refractivity contribution is 7.83. The molecule has 0 fully saturated rings. The first-order valence-electron chi connectivity index (χ1n) is 3.56. The SMILES string of the molecule is Cc1c(S)sc2ccc(Cl)cc12. The third kappa shape index (κ3) is 1.24. The van der Waals surface area contributed by atoms with Gasteiger partial charge < -0.3 is 0 Å². The Labute approximate surface area is 85.6 Å². The fourth-order valence-electron chi connectivity index (χ4n) is 1.18. The van der Waals surface area contributed by atoms with Crippen molar-refractivity contribution in [1.82, 2.24) is 0 Å². The molecule has 0 radical (unpaired) electrons. The summed E-state index contributed by atoms with van der Waals surface area (Å²) in [7, 11) is 0. The van der Waals surface area contributed by atoms with Gasteiger partial charge in [-0.1, -0.05) is 11.6 Å². The van der Waals surface area contributed by atoms with Crippen molar-refractivity contribution in [3.8, 4) is 0 Å². The number of thiol groups is 1. The van der Waals surface area contributed by atoms with Crippen molar-refractivity contribution in [3.05, 3.63) is 28.8 Å². The molecule has 0 N–H and O–H groups in total. The molecule has 62 valence electrons. The Balaban J connectivity index is 2.88. The molecule has 0 aliphatic carbocycles. The number of aryl methyl sites for hydroxylation is 1. The number of rotatable bonds is 0. The van der Waals surface area contributed by atoms with Crippen LogP contribution >= 0.6 is 35.6 Å². The van der Waals surface area contributed by atoms with Crippen LogP contribution in [0.15, 0.2) is 22.4 Å². The van der Waals surface area contributed by atoms with Gasteiger partial charge in [-0.2, -0.15) is 0 Å². The third-order valence-corrected chi connectivity index (χ3v) is 3.79. The second-order valence-corrected chi connectivity index (χ2v) is 4.91. The van der Waals surface area contributed by atoms with E-state index < -0.39 is 0 Å². The molecule has 0 atom stereocenters. The van der Waals surface area contributed by atoms with Crippen LogP contribution in [0.3, 0.4) is 0 Å². The minimum atomic E-state index is 0.789. The average Bonchev–Trinajstić information content (AvgIpc) is 2.31. The van der Waals surface area contributed by atoms with Crippen molar-refractivity contribution < 1.29 is 0 Å². The van der Waals surface area contributed by atoms with Crippen molar-refractivity contribution in [2.24, 2.45) is 0 Å². The molecule has 1 aromatic carbocycles. The van der Waals surface area contributed by atoms with E-state index in [1.54, 1.807) is 11.3 Å². The van der Waals surface area contributed by atoms with E-state index in [1.165, 1.54) is 15.6 Å². The maximum absolute atomic E-state index is 5.88. The lowest BCUT2D eigenvalue weighted by atomic mass is 10.2. The van der Waals surface area contributed by atoms with Gasteiger partial charge in [0.1, 0.15) is 0 Å². The van der Waals surface area contributed by atoms with E-state index in [0.717, 1.165) is 9.23 Å². The second kappa shape index (κ2) is 2.95. The van der Waals surface area contributed by atoms with E-state index in [0.29, 0.717) is 0 Å². The van der Waals surface area contributed by atoms with Gasteiger partial charge in [-0.15, -0.1) is 24.0 Å². The molecule has 2 rings (SSSR count). The first kappa shape index (κ1) is 8.42. The van der Waals surface area contributed by atoms with Gasteiger partial charge in [-0.05, 0) is 36.1 Å². The van der Waals surface area contributed by atoms with Crippen LogP contribution in [0.4, 0.5) is 0 Å². The highest BCUT2D eigenvalue weighted by atomic mass is 35.5. The van der Waals surface area contributed by atoms with E-state index in [1.807, 2.05) is 18.2 Å². The third-order valence-electron chi connectivity index (χ3n) is 1.87. The molecule has 2 aromatic rings. The highest BCUT2D eigenvalue weighted by Gasteiger charge is 2.04. The van der Waals surface area contributed by atoms with E-state index in [4.69, 9.17) is 11.6 Å². The lowest BCUT2D eigenvalue weighted by molar-refractivity contribution is 1.47. The Bertz CT molecular complexity index is 431. The van der Waals surface area contributed by atoms with Crippen LogP contribution in [0, 0.1) is 6.92 Å². The molecular formula is C9H7ClS2. The molecule has 1 heterocycles. The van der Waals surface area contributed by atoms with Gasteiger partial charge in [-0.3, -0.25) is 0 Å². The summed E-state index contributed by atoms with van der Waals surface area (Å²) in [6, 6.07) is 5.94. The molecule has 0 aliphatic heterocycles. The number of fused-ring (bicyclic) bond motifs is 1. The first-order valence-corrected chi connectivity index (χ1v) is 5.20. The summed E-state index contributed by atoms with van der Waals surface area (Å²) in [6.07, 6.45) is 0. The Kier molecular flexibility index (Phi) is 2.07. The fourth-order valence-corrected chi connectivity index (χ4v) is 2.70. The number of halogens is 1. The van der Waals surface area contributed by atoms with Gasteiger partial charge in [0.15, 0.2) is 0 Å². The van der Waals surface area contributed by atoms with Gasteiger partial charge in [0.2, 0.25) is 0 Å². The highest BCUT2D eigenvalue weighted by Crippen LogP contribution is 2.34. The standard InChI is InChI=1S/C9H7ClS2/c1-5-7-4-6(10)2-3-8(7)12-9(5)11/h2-4,11H,1H3. The normalized spacial score (nSPS) is 10.9. The fraction of sp³-hybridized carbons (Fsp3) is 0.111. The minimum absolute atomic E-state index is 0.789. The lowest BCUT2D eigenvalue weighted by Gasteiger charge is -1.91. The van der Waals surface area contributed by atoms with Crippen molar-refractivity contribution in [1.29, 1.82) is 0 Å². The van der Waals surface area contributed by atoms with Gasteiger partial charge in [-0.25, -0.2) is 0 Å². The second-order valence-electron chi connectivity index (χ2n) is 2.67. The van der Waals surface area contributed by atoms with Crippen LogP contribution in [0.1, 0.15) is 5.56 Å². The summed E-state index contributed by atoms with van der Waals surface area (Å²) in [5.74, 6) is 0. The summed E-state index contributed by atoms with van der Waals surface area (Å²) in [5.41, 5.74) is 1.22. The van der Waals surface area contributed by atoms with E-state index in [2.05, 4.69) is 19.6 Å². The van der Waals surface area contributed by atoms with Crippen LogP contribution in [-0.4, -0.2) is 0 Å². The minimum Gasteiger partial charge on any atom is -0.133 e. The Morgan fingerprint density at radius 3 is 2.92 bits per heavy atom. The van der Waals surface area contributed by atoms with Crippen LogP contribution < -0.4 is 0 Å². The van der Waals surface area contributed by atoms with Crippen LogP contribution in [0.25, 0.3) is 10.1 Å². The Hall–Kier alpha value is -0.180. The van der Waals surface area contributed by atoms with Gasteiger partial charge in [0.05, 0.1) is 4.21 Å². The number of benzene rings is 1. The molecule has 0 bridgehead atoms. The molecule has 0 saturated heterocycles. The van der Waals surface area contributed by atoms with Crippen molar-refractivity contribution in [2.75, 3.05) is 0 Å². The van der Waals surface area contributed by atoms with E-state index in [-0.39, 0.29) is 0 Å². The maximum Gasteiger partial charge on any atom is 0.0609 e. The van der Waals surface area contributed by atoms with Crippen LogP contribution in [0.5, 0.6) is 0 Å². The topological polar surface area (TPSA) is 0 Å². The molecule has 0 amide bonds. The molecule has 0 nitrogen and oxygen atoms in total. The molecule has 0 saturated carbocycles. The van der Waals surface area contributed by atoms with E-state index >= 15 is 0 Å². The molecule has 0 spiro atoms. The van der Waals surface area contributed by atoms with Crippen LogP contribution in [0.2, 0.25) is 5.02 Å². The van der Waals surface area contributed by atoms with Gasteiger partial charge >= 0.3 is 0 Å². The largest absolute Gasteiger partial charge is 0.133 e. The van der Waals surface area contributed by atoms with Crippen molar-refractivity contribution in [3.63, 3.8) is 0 Å². The van der Waals surface area contributed by atoms with Gasteiger partial charge in [0.25, 0.3) is 0 Å². The number of hydrogen-bond donors (Lipinski definition) is 1. The lowest BCUT2D eigenvalue weighted by Crippen LogP contribution is -1.68. The number of hydrogen-bond acceptors (Lipinski definition) is 2. The smallest absolute Gasteiger partial charge is 0.0609 e. The number of thiophene rings is 1. The van der Waals surface area contributed by atoms with Crippen molar-refractivity contribution in [2.45, 2.75) is 11.1 Å². The average molecular weight is 215 g/mol. The monoisotopic (exact) mass is 214 g/mol. The molecule has 0 unspecified atom stereocenters. The summed E-state index contributed by atoms with van der Waals surface area (Å²) in [4.78, 5) is 0. The summed E-state index contributed by atoms with van der Waals surface area (Å²) in [5, 5.41) is 2.01. The predicted molar refractivity (Wildman–Crippen MR) is 58.8 cm³/mol. The molecule has 0 aliphatic rings.